The number of benzene rings is 1. The summed E-state index contributed by atoms with van der Waals surface area (Å²) in [5.41, 5.74) is 4.22. The quantitative estimate of drug-likeness (QED) is 0.811. The van der Waals surface area contributed by atoms with Crippen molar-refractivity contribution in [3.05, 3.63) is 35.5 Å². The zero-order chi connectivity index (χ0) is 16.7. The van der Waals surface area contributed by atoms with Crippen LogP contribution in [-0.4, -0.2) is 19.1 Å². The second-order valence-corrected chi connectivity index (χ2v) is 5.81. The number of nitrogens with one attached hydrogen (secondary N) is 2. The average Bonchev–Trinajstić information content (AvgIpc) is 2.48. The van der Waals surface area contributed by atoms with E-state index in [0.717, 1.165) is 29.9 Å². The Morgan fingerprint density at radius 2 is 1.91 bits per heavy atom. The number of carbonyl (C=O) groups is 1. The van der Waals surface area contributed by atoms with E-state index in [0.29, 0.717) is 5.92 Å². The molecule has 0 heterocycles. The van der Waals surface area contributed by atoms with Crippen LogP contribution in [0.25, 0.3) is 0 Å². The molecule has 4 heteroatoms. The number of rotatable bonds is 6. The third kappa shape index (κ3) is 5.10. The van der Waals surface area contributed by atoms with Crippen molar-refractivity contribution in [3.8, 4) is 0 Å². The molecule has 0 aliphatic rings. The number of carbonyl (C=O) groups excluding carboxylic acids is 1. The highest BCUT2D eigenvalue weighted by Crippen LogP contribution is 2.22. The highest BCUT2D eigenvalue weighted by Gasteiger charge is 2.07. The maximum atomic E-state index is 11.9. The summed E-state index contributed by atoms with van der Waals surface area (Å²) in [7, 11) is 0. The fourth-order valence-corrected chi connectivity index (χ4v) is 2.08. The van der Waals surface area contributed by atoms with Crippen molar-refractivity contribution >= 4 is 17.4 Å². The molecule has 0 radical (unpaired) electrons. The monoisotopic (exact) mass is 303 g/mol. The minimum atomic E-state index is -0.210. The maximum absolute atomic E-state index is 11.9. The van der Waals surface area contributed by atoms with Gasteiger partial charge in [-0.05, 0) is 57.4 Å². The number of hydrogen-bond donors (Lipinski definition) is 2. The second kappa shape index (κ2) is 8.47. The number of amides is 2. The van der Waals surface area contributed by atoms with E-state index in [2.05, 4.69) is 49.3 Å². The van der Waals surface area contributed by atoms with E-state index in [-0.39, 0.29) is 6.03 Å². The summed E-state index contributed by atoms with van der Waals surface area (Å²) in [6.07, 6.45) is 1.76. The smallest absolute Gasteiger partial charge is 0.323 e. The predicted octanol–water partition coefficient (Wildman–Crippen LogP) is 4.52. The van der Waals surface area contributed by atoms with Crippen LogP contribution in [0.1, 0.15) is 40.2 Å². The molecule has 0 aromatic heterocycles. The molecule has 4 nitrogen and oxygen atoms in total. The van der Waals surface area contributed by atoms with Crippen molar-refractivity contribution in [2.75, 3.05) is 23.3 Å². The fraction of sp³-hybridized carbons (Fsp3) is 0.500. The molecule has 0 fully saturated rings. The Morgan fingerprint density at radius 1 is 1.27 bits per heavy atom. The van der Waals surface area contributed by atoms with Crippen LogP contribution in [0, 0.1) is 12.8 Å². The molecule has 1 aromatic rings. The van der Waals surface area contributed by atoms with Crippen LogP contribution in [0.5, 0.6) is 0 Å². The Hall–Kier alpha value is -1.97. The van der Waals surface area contributed by atoms with Crippen LogP contribution < -0.4 is 15.5 Å². The van der Waals surface area contributed by atoms with E-state index in [9.17, 15) is 4.79 Å². The number of hydrogen-bond acceptors (Lipinski definition) is 2. The lowest BCUT2D eigenvalue weighted by molar-refractivity contribution is 0.255. The van der Waals surface area contributed by atoms with Crippen molar-refractivity contribution in [2.45, 2.75) is 41.5 Å². The van der Waals surface area contributed by atoms with Crippen LogP contribution in [-0.2, 0) is 0 Å². The average molecular weight is 303 g/mol. The molecular formula is C18H29N3O. The standard InChI is InChI=1S/C18H29N3O/c1-7-21(8-2)16-9-10-17(14(5)11-16)20-18(22)19-12-15(6)13(3)4/h9-13H,7-8H2,1-6H3,(H2,19,20,22)/b15-12+. The first-order valence-electron chi connectivity index (χ1n) is 7.98. The third-order valence-electron chi connectivity index (χ3n) is 3.93. The van der Waals surface area contributed by atoms with Gasteiger partial charge in [-0.25, -0.2) is 4.79 Å². The molecule has 1 aromatic carbocycles. The summed E-state index contributed by atoms with van der Waals surface area (Å²) in [5.74, 6) is 0.426. The van der Waals surface area contributed by atoms with Gasteiger partial charge in [0.05, 0.1) is 0 Å². The first kappa shape index (κ1) is 18.1. The Bertz CT molecular complexity index is 531. The van der Waals surface area contributed by atoms with Crippen LogP contribution in [0.2, 0.25) is 0 Å². The second-order valence-electron chi connectivity index (χ2n) is 5.81. The molecule has 0 spiro atoms. The third-order valence-corrected chi connectivity index (χ3v) is 3.93. The van der Waals surface area contributed by atoms with Gasteiger partial charge in [0.2, 0.25) is 0 Å². The summed E-state index contributed by atoms with van der Waals surface area (Å²) in [6, 6.07) is 5.91. The molecule has 122 valence electrons. The number of nitrogens with zero attached hydrogens (tertiary/aromatic N) is 1. The first-order chi connectivity index (χ1) is 10.4. The molecule has 2 N–H and O–H groups in total. The van der Waals surface area contributed by atoms with Gasteiger partial charge in [-0.3, -0.25) is 0 Å². The Kier molecular flexibility index (Phi) is 6.96. The number of anilines is 2. The summed E-state index contributed by atoms with van der Waals surface area (Å²) in [5, 5.41) is 5.67. The van der Waals surface area contributed by atoms with Gasteiger partial charge in [-0.2, -0.15) is 0 Å². The van der Waals surface area contributed by atoms with E-state index < -0.39 is 0 Å². The molecule has 0 saturated heterocycles. The van der Waals surface area contributed by atoms with Crippen molar-refractivity contribution in [1.82, 2.24) is 5.32 Å². The molecule has 1 rings (SSSR count). The summed E-state index contributed by atoms with van der Waals surface area (Å²) in [6.45, 7) is 14.4. The van der Waals surface area contributed by atoms with E-state index in [1.165, 1.54) is 5.69 Å². The first-order valence-corrected chi connectivity index (χ1v) is 7.98. The molecule has 0 unspecified atom stereocenters. The van der Waals surface area contributed by atoms with Gasteiger partial charge >= 0.3 is 6.03 Å². The van der Waals surface area contributed by atoms with Crippen molar-refractivity contribution in [2.24, 2.45) is 5.92 Å². The molecular weight excluding hydrogens is 274 g/mol. The molecule has 0 atom stereocenters. The zero-order valence-electron chi connectivity index (χ0n) is 14.7. The molecule has 0 aliphatic heterocycles. The summed E-state index contributed by atoms with van der Waals surface area (Å²) in [4.78, 5) is 14.2. The predicted molar refractivity (Wildman–Crippen MR) is 95.5 cm³/mol. The Morgan fingerprint density at radius 3 is 2.41 bits per heavy atom. The maximum Gasteiger partial charge on any atom is 0.323 e. The van der Waals surface area contributed by atoms with Crippen molar-refractivity contribution < 1.29 is 4.79 Å². The lowest BCUT2D eigenvalue weighted by Gasteiger charge is -2.22. The van der Waals surface area contributed by atoms with Crippen LogP contribution in [0.3, 0.4) is 0 Å². The summed E-state index contributed by atoms with van der Waals surface area (Å²) >= 11 is 0. The lowest BCUT2D eigenvalue weighted by Crippen LogP contribution is -2.25. The lowest BCUT2D eigenvalue weighted by atomic mass is 10.1. The van der Waals surface area contributed by atoms with E-state index in [1.54, 1.807) is 6.20 Å². The highest BCUT2D eigenvalue weighted by atomic mass is 16.2. The van der Waals surface area contributed by atoms with E-state index >= 15 is 0 Å². The van der Waals surface area contributed by atoms with Crippen LogP contribution >= 0.6 is 0 Å². The fourth-order valence-electron chi connectivity index (χ4n) is 2.08. The highest BCUT2D eigenvalue weighted by molar-refractivity contribution is 5.91. The Labute approximate surface area is 134 Å². The molecule has 22 heavy (non-hydrogen) atoms. The summed E-state index contributed by atoms with van der Waals surface area (Å²) < 4.78 is 0. The van der Waals surface area contributed by atoms with Gasteiger partial charge in [0, 0.05) is 30.7 Å². The molecule has 2 amide bonds. The van der Waals surface area contributed by atoms with Gasteiger partial charge in [-0.1, -0.05) is 19.4 Å². The Balaban J connectivity index is 2.74. The molecule has 0 saturated carbocycles. The van der Waals surface area contributed by atoms with Gasteiger partial charge < -0.3 is 15.5 Å². The van der Waals surface area contributed by atoms with Crippen LogP contribution in [0.15, 0.2) is 30.0 Å². The van der Waals surface area contributed by atoms with Gasteiger partial charge in [0.25, 0.3) is 0 Å². The zero-order valence-corrected chi connectivity index (χ0v) is 14.7. The van der Waals surface area contributed by atoms with E-state index in [1.807, 2.05) is 26.0 Å². The van der Waals surface area contributed by atoms with Crippen molar-refractivity contribution in [3.63, 3.8) is 0 Å². The topological polar surface area (TPSA) is 44.4 Å². The van der Waals surface area contributed by atoms with Crippen molar-refractivity contribution in [1.29, 1.82) is 0 Å². The molecule has 0 bridgehead atoms. The van der Waals surface area contributed by atoms with E-state index in [4.69, 9.17) is 0 Å². The minimum absolute atomic E-state index is 0.210. The minimum Gasteiger partial charge on any atom is -0.372 e. The van der Waals surface area contributed by atoms with Gasteiger partial charge in [-0.15, -0.1) is 0 Å². The van der Waals surface area contributed by atoms with Crippen LogP contribution in [0.4, 0.5) is 16.2 Å². The number of aryl methyl sites for hydroxylation is 1. The number of urea groups is 1. The largest absolute Gasteiger partial charge is 0.372 e. The van der Waals surface area contributed by atoms with Gasteiger partial charge in [0.15, 0.2) is 0 Å². The number of allylic oxidation sites excluding steroid dienone is 1. The normalized spacial score (nSPS) is 11.5. The molecule has 0 aliphatic carbocycles. The SMILES string of the molecule is CCN(CC)c1ccc(NC(=O)N/C=C(\C)C(C)C)c(C)c1. The van der Waals surface area contributed by atoms with Gasteiger partial charge in [0.1, 0.15) is 0 Å².